The molecule has 0 atom stereocenters. The first-order chi connectivity index (χ1) is 41.6. The topological polar surface area (TPSA) is 39.9 Å². The van der Waals surface area contributed by atoms with Crippen LogP contribution in [0.4, 0.5) is 34.1 Å². The van der Waals surface area contributed by atoms with E-state index in [0.717, 1.165) is 83.4 Å². The third-order valence-electron chi connectivity index (χ3n) is 18.2. The van der Waals surface area contributed by atoms with Gasteiger partial charge in [-0.15, -0.1) is 0 Å². The molecule has 0 radical (unpaired) electrons. The maximum Gasteiger partial charge on any atom is 0.159 e. The Hall–Kier alpha value is -9.12. The number of para-hydroxylation sites is 3. The Labute approximate surface area is 508 Å². The van der Waals surface area contributed by atoms with Crippen LogP contribution in [0.5, 0.6) is 5.75 Å². The predicted octanol–water partition coefficient (Wildman–Crippen LogP) is 24.9. The predicted molar refractivity (Wildman–Crippen MR) is 369 cm³/mol. The van der Waals surface area contributed by atoms with Gasteiger partial charge in [-0.3, -0.25) is 0 Å². The third kappa shape index (κ3) is 9.55. The molecule has 0 unspecified atom stereocenters. The molecule has 0 spiro atoms. The summed E-state index contributed by atoms with van der Waals surface area (Å²) in [5.74, 6) is 2.01. The van der Waals surface area contributed by atoms with Crippen molar-refractivity contribution >= 4 is 88.4 Å². The molecule has 0 aliphatic heterocycles. The molecule has 13 aromatic rings. The van der Waals surface area contributed by atoms with Crippen molar-refractivity contribution in [3.8, 4) is 39.1 Å². The molecule has 13 rings (SSSR count). The van der Waals surface area contributed by atoms with Gasteiger partial charge in [0.25, 0.3) is 0 Å². The van der Waals surface area contributed by atoms with Crippen molar-refractivity contribution in [2.75, 3.05) is 9.80 Å². The van der Waals surface area contributed by atoms with Crippen molar-refractivity contribution < 1.29 is 9.52 Å². The van der Waals surface area contributed by atoms with Gasteiger partial charge in [0.05, 0.1) is 22.7 Å². The zero-order valence-electron chi connectivity index (χ0n) is 51.9. The number of phenolic OH excluding ortho intramolecular Hbond substituents is 1. The maximum absolute atomic E-state index is 13.1. The van der Waals surface area contributed by atoms with Crippen molar-refractivity contribution in [3.05, 3.63) is 246 Å². The van der Waals surface area contributed by atoms with E-state index in [1.165, 1.54) is 66.1 Å². The van der Waals surface area contributed by atoms with E-state index in [1.54, 1.807) is 0 Å². The van der Waals surface area contributed by atoms with Crippen LogP contribution in [-0.2, 0) is 0 Å². The molecule has 0 amide bonds. The minimum Gasteiger partial charge on any atom is -0.505 e. The normalized spacial score (nSPS) is 12.2. The van der Waals surface area contributed by atoms with Crippen molar-refractivity contribution in [1.29, 1.82) is 0 Å². The number of furan rings is 1. The summed E-state index contributed by atoms with van der Waals surface area (Å²) in [6.07, 6.45) is 0. The monoisotopic (exact) mass is 1120 g/mol. The van der Waals surface area contributed by atoms with E-state index in [4.69, 9.17) is 4.42 Å². The Morgan fingerprint density at radius 1 is 0.291 bits per heavy atom. The third-order valence-corrected chi connectivity index (χ3v) is 18.2. The second-order valence-corrected chi connectivity index (χ2v) is 25.7. The molecule has 12 aromatic carbocycles. The molecule has 86 heavy (non-hydrogen) atoms. The van der Waals surface area contributed by atoms with Crippen molar-refractivity contribution in [2.24, 2.45) is 0 Å². The molecule has 4 nitrogen and oxygen atoms in total. The molecular formula is C82H78N2O2. The van der Waals surface area contributed by atoms with E-state index >= 15 is 0 Å². The lowest BCUT2D eigenvalue weighted by atomic mass is 9.84. The largest absolute Gasteiger partial charge is 0.505 e. The highest BCUT2D eigenvalue weighted by Crippen LogP contribution is 2.54. The van der Waals surface area contributed by atoms with Crippen molar-refractivity contribution in [3.63, 3.8) is 0 Å². The van der Waals surface area contributed by atoms with Crippen LogP contribution in [0.3, 0.4) is 0 Å². The molecule has 0 fully saturated rings. The smallest absolute Gasteiger partial charge is 0.159 e. The Bertz CT molecular complexity index is 4670. The lowest BCUT2D eigenvalue weighted by molar-refractivity contribution is 0.478. The van der Waals surface area contributed by atoms with Crippen LogP contribution in [-0.4, -0.2) is 5.11 Å². The number of phenols is 1. The molecule has 4 heteroatoms. The number of anilines is 6. The average molecular weight is 1120 g/mol. The van der Waals surface area contributed by atoms with Crippen molar-refractivity contribution in [1.82, 2.24) is 0 Å². The van der Waals surface area contributed by atoms with E-state index in [0.29, 0.717) is 29.4 Å². The van der Waals surface area contributed by atoms with Gasteiger partial charge in [0.2, 0.25) is 0 Å². The summed E-state index contributed by atoms with van der Waals surface area (Å²) >= 11 is 0. The van der Waals surface area contributed by atoms with Gasteiger partial charge in [-0.1, -0.05) is 241 Å². The Kier molecular flexibility index (Phi) is 14.6. The van der Waals surface area contributed by atoms with Gasteiger partial charge in [-0.2, -0.15) is 0 Å². The van der Waals surface area contributed by atoms with Gasteiger partial charge in [-0.25, -0.2) is 0 Å². The average Bonchev–Trinajstić information content (AvgIpc) is 0.834. The number of fused-ring (bicyclic) bond motifs is 3. The molecule has 0 aliphatic rings. The first-order valence-corrected chi connectivity index (χ1v) is 31.2. The van der Waals surface area contributed by atoms with Crippen LogP contribution in [0, 0.1) is 0 Å². The number of hydrogen-bond acceptors (Lipinski definition) is 4. The molecule has 1 aromatic heterocycles. The van der Waals surface area contributed by atoms with Crippen LogP contribution in [0.15, 0.2) is 217 Å². The second kappa shape index (κ2) is 22.4. The van der Waals surface area contributed by atoms with Crippen LogP contribution in [0.2, 0.25) is 0 Å². The minimum atomic E-state index is 0.169. The number of hydrogen-bond donors (Lipinski definition) is 1. The van der Waals surface area contributed by atoms with Crippen LogP contribution in [0.25, 0.3) is 87.6 Å². The van der Waals surface area contributed by atoms with E-state index in [9.17, 15) is 5.11 Å². The van der Waals surface area contributed by atoms with E-state index in [-0.39, 0.29) is 17.6 Å². The Morgan fingerprint density at radius 3 is 1.23 bits per heavy atom. The Morgan fingerprint density at radius 2 is 0.698 bits per heavy atom. The summed E-state index contributed by atoms with van der Waals surface area (Å²) in [6, 6.07) is 78.2. The fraction of sp³-hybridized carbons (Fsp3) is 0.220. The number of rotatable bonds is 15. The van der Waals surface area contributed by atoms with E-state index in [1.807, 2.05) is 0 Å². The molecule has 1 heterocycles. The van der Waals surface area contributed by atoms with Gasteiger partial charge in [0, 0.05) is 44.0 Å². The first-order valence-electron chi connectivity index (χ1n) is 31.2. The minimum absolute atomic E-state index is 0.169. The highest BCUT2D eigenvalue weighted by Gasteiger charge is 2.29. The van der Waals surface area contributed by atoms with E-state index in [2.05, 4.69) is 305 Å². The lowest BCUT2D eigenvalue weighted by Crippen LogP contribution is -2.13. The van der Waals surface area contributed by atoms with Crippen LogP contribution in [0.1, 0.15) is 152 Å². The quantitative estimate of drug-likeness (QED) is 0.104. The molecule has 1 N–H and O–H groups in total. The van der Waals surface area contributed by atoms with Crippen LogP contribution < -0.4 is 9.80 Å². The fourth-order valence-electron chi connectivity index (χ4n) is 13.7. The maximum atomic E-state index is 13.1. The lowest BCUT2D eigenvalue weighted by Gasteiger charge is -2.32. The van der Waals surface area contributed by atoms with Crippen molar-refractivity contribution in [2.45, 2.75) is 119 Å². The number of nitrogens with zero attached hydrogens (tertiary/aromatic N) is 2. The summed E-state index contributed by atoms with van der Waals surface area (Å²) in [4.78, 5) is 4.79. The summed E-state index contributed by atoms with van der Waals surface area (Å²) in [7, 11) is 0. The van der Waals surface area contributed by atoms with Gasteiger partial charge in [-0.05, 0) is 167 Å². The zero-order valence-corrected chi connectivity index (χ0v) is 51.9. The second-order valence-electron chi connectivity index (χ2n) is 25.7. The number of benzene rings is 12. The first kappa shape index (κ1) is 56.0. The Balaban J connectivity index is 1.08. The van der Waals surface area contributed by atoms with E-state index < -0.39 is 0 Å². The summed E-state index contributed by atoms with van der Waals surface area (Å²) < 4.78 is 7.40. The van der Waals surface area contributed by atoms with Gasteiger partial charge >= 0.3 is 0 Å². The molecular weight excluding hydrogens is 1040 g/mol. The van der Waals surface area contributed by atoms with Gasteiger partial charge in [0.15, 0.2) is 5.58 Å². The van der Waals surface area contributed by atoms with Crippen LogP contribution >= 0.6 is 0 Å². The highest BCUT2D eigenvalue weighted by atomic mass is 16.3. The summed E-state index contributed by atoms with van der Waals surface area (Å²) in [5, 5.41) is 22.5. The van der Waals surface area contributed by atoms with Gasteiger partial charge in [0.1, 0.15) is 11.3 Å². The SMILES string of the molecule is CC(C)c1ccc(N(c2cccc(-c3cccc(-c4ccccc4C(C)C)c3)c2O)c2cc(C(C)C)c3ccc4c(N(c5ccc(C(C)C)cc5)c5cccc6c5oc5c(-c7ccccc7C(C)C)cccc56)cc(C(C)C)c5ccc2c3c54)cc1. The van der Waals surface area contributed by atoms with Gasteiger partial charge < -0.3 is 19.3 Å². The zero-order chi connectivity index (χ0) is 59.8. The summed E-state index contributed by atoms with van der Waals surface area (Å²) in [5.41, 5.74) is 21.6. The fourth-order valence-corrected chi connectivity index (χ4v) is 13.7. The highest BCUT2D eigenvalue weighted by molar-refractivity contribution is 6.30. The molecule has 0 bridgehead atoms. The summed E-state index contributed by atoms with van der Waals surface area (Å²) in [6.45, 7) is 27.3. The number of aromatic hydroxyl groups is 1. The molecule has 428 valence electrons. The molecule has 0 saturated carbocycles. The molecule has 0 saturated heterocycles. The standard InChI is InChI=1S/C82H78N2O2/c1-48(2)54-33-37-58(38-34-54)83(74-31-19-27-63(80(74)85)57-22-17-21-56(45-57)62-25-15-13-23-60(62)50(5)6)76-46-72(52(9)10)65-42-44-71-77(47-73(53(11)12)66-41-43-70(76)78(65)79(66)71)84(59-39-35-55(36-40-59)49(3)4)75-32-20-30-69-68-29-18-28-67(81(68)86-82(69)75)64-26-16-14-24-61(64)51(7)8/h13-53,85H,1-12H3. The molecule has 0 aliphatic carbocycles.